The molecule has 0 aliphatic heterocycles. The molecule has 62 valence electrons. The molecule has 0 radical (unpaired) electrons. The summed E-state index contributed by atoms with van der Waals surface area (Å²) < 4.78 is 0. The van der Waals surface area contributed by atoms with E-state index in [0.717, 1.165) is 11.1 Å². The fourth-order valence-corrected chi connectivity index (χ4v) is 1.42. The van der Waals surface area contributed by atoms with Crippen molar-refractivity contribution in [1.82, 2.24) is 0 Å². The Kier molecular flexibility index (Phi) is 1.71. The molecule has 1 aliphatic rings. The number of rotatable bonds is 0. The van der Waals surface area contributed by atoms with Gasteiger partial charge in [-0.15, -0.1) is 0 Å². The smallest absolute Gasteiger partial charge is 0.109 e. The maximum Gasteiger partial charge on any atom is 0.109 e. The van der Waals surface area contributed by atoms with E-state index in [1.807, 2.05) is 30.3 Å². The second-order valence-corrected chi connectivity index (χ2v) is 2.92. The lowest BCUT2D eigenvalue weighted by Gasteiger charge is -2.21. The van der Waals surface area contributed by atoms with E-state index in [0.29, 0.717) is 0 Å². The molecule has 0 amide bonds. The number of benzene rings is 1. The Morgan fingerprint density at radius 2 is 1.83 bits per heavy atom. The van der Waals surface area contributed by atoms with Crippen molar-refractivity contribution in [3.63, 3.8) is 0 Å². The van der Waals surface area contributed by atoms with Gasteiger partial charge < -0.3 is 10.2 Å². The lowest BCUT2D eigenvalue weighted by Crippen LogP contribution is -2.19. The van der Waals surface area contributed by atoms with Crippen molar-refractivity contribution in [2.45, 2.75) is 12.2 Å². The van der Waals surface area contributed by atoms with Gasteiger partial charge >= 0.3 is 0 Å². The summed E-state index contributed by atoms with van der Waals surface area (Å²) in [4.78, 5) is 0. The minimum Gasteiger partial charge on any atom is -0.386 e. The minimum atomic E-state index is -0.772. The third kappa shape index (κ3) is 1.05. The molecule has 0 fully saturated rings. The van der Waals surface area contributed by atoms with Crippen LogP contribution >= 0.6 is 0 Å². The van der Waals surface area contributed by atoms with Crippen LogP contribution in [0.3, 0.4) is 0 Å². The topological polar surface area (TPSA) is 40.5 Å². The van der Waals surface area contributed by atoms with Gasteiger partial charge in [0.05, 0.1) is 0 Å². The van der Waals surface area contributed by atoms with Crippen molar-refractivity contribution in [2.75, 3.05) is 0 Å². The van der Waals surface area contributed by atoms with Gasteiger partial charge in [-0.25, -0.2) is 0 Å². The predicted molar refractivity (Wildman–Crippen MR) is 46.4 cm³/mol. The summed E-state index contributed by atoms with van der Waals surface area (Å²) in [5.74, 6) is 0. The molecule has 0 bridgehead atoms. The first kappa shape index (κ1) is 7.53. The fraction of sp³-hybridized carbons (Fsp3) is 0.200. The Morgan fingerprint density at radius 1 is 1.08 bits per heavy atom. The molecule has 1 aromatic rings. The van der Waals surface area contributed by atoms with E-state index < -0.39 is 12.2 Å². The normalized spacial score (nSPS) is 26.8. The first-order valence-electron chi connectivity index (χ1n) is 3.92. The van der Waals surface area contributed by atoms with Crippen molar-refractivity contribution in [3.05, 3.63) is 41.5 Å². The molecule has 0 aromatic heterocycles. The predicted octanol–water partition coefficient (Wildman–Crippen LogP) is 1.11. The van der Waals surface area contributed by atoms with Crippen LogP contribution in [0.1, 0.15) is 17.2 Å². The Balaban J connectivity index is 2.52. The highest BCUT2D eigenvalue weighted by Crippen LogP contribution is 2.27. The second-order valence-electron chi connectivity index (χ2n) is 2.92. The molecule has 0 saturated carbocycles. The lowest BCUT2D eigenvalue weighted by atomic mass is 9.93. The van der Waals surface area contributed by atoms with E-state index in [-0.39, 0.29) is 0 Å². The summed E-state index contributed by atoms with van der Waals surface area (Å²) in [6.45, 7) is 0. The molecule has 1 aromatic carbocycles. The van der Waals surface area contributed by atoms with Gasteiger partial charge in [0.1, 0.15) is 12.2 Å². The largest absolute Gasteiger partial charge is 0.386 e. The molecular formula is C10H10O2. The van der Waals surface area contributed by atoms with E-state index in [1.54, 1.807) is 6.08 Å². The maximum atomic E-state index is 9.53. The van der Waals surface area contributed by atoms with Crippen molar-refractivity contribution < 1.29 is 10.2 Å². The average molecular weight is 162 g/mol. The first-order chi connectivity index (χ1) is 5.79. The average Bonchev–Trinajstić information content (AvgIpc) is 2.12. The summed E-state index contributed by atoms with van der Waals surface area (Å²) in [7, 11) is 0. The van der Waals surface area contributed by atoms with Crippen molar-refractivity contribution in [3.8, 4) is 0 Å². The maximum absolute atomic E-state index is 9.53. The van der Waals surface area contributed by atoms with Gasteiger partial charge in [-0.05, 0) is 11.1 Å². The molecule has 2 heteroatoms. The Morgan fingerprint density at radius 3 is 2.67 bits per heavy atom. The molecule has 0 spiro atoms. The molecule has 0 saturated heterocycles. The molecule has 2 N–H and O–H groups in total. The zero-order valence-corrected chi connectivity index (χ0v) is 6.51. The SMILES string of the molecule is O[C@H]1C=Cc2ccccc2[C@@H]1O. The fourth-order valence-electron chi connectivity index (χ4n) is 1.42. The highest BCUT2D eigenvalue weighted by atomic mass is 16.3. The van der Waals surface area contributed by atoms with Crippen LogP contribution in [0.2, 0.25) is 0 Å². The Bertz CT molecular complexity index is 317. The molecule has 0 unspecified atom stereocenters. The molecule has 1 aliphatic carbocycles. The van der Waals surface area contributed by atoms with E-state index >= 15 is 0 Å². The van der Waals surface area contributed by atoms with E-state index in [2.05, 4.69) is 0 Å². The standard InChI is InChI=1S/C10H10O2/c11-9-6-5-7-3-1-2-4-8(7)10(9)12/h1-6,9-12H/t9-,10-/m0/s1. The van der Waals surface area contributed by atoms with Crippen molar-refractivity contribution >= 4 is 6.08 Å². The van der Waals surface area contributed by atoms with Gasteiger partial charge in [-0.3, -0.25) is 0 Å². The van der Waals surface area contributed by atoms with Crippen LogP contribution in [0.15, 0.2) is 30.3 Å². The van der Waals surface area contributed by atoms with Gasteiger partial charge in [-0.2, -0.15) is 0 Å². The van der Waals surface area contributed by atoms with Gasteiger partial charge in [0.15, 0.2) is 0 Å². The van der Waals surface area contributed by atoms with Crippen LogP contribution in [0, 0.1) is 0 Å². The van der Waals surface area contributed by atoms with Crippen molar-refractivity contribution in [1.29, 1.82) is 0 Å². The molecule has 2 rings (SSSR count). The van der Waals surface area contributed by atoms with Crippen molar-refractivity contribution in [2.24, 2.45) is 0 Å². The summed E-state index contributed by atoms with van der Waals surface area (Å²) in [6, 6.07) is 7.51. The summed E-state index contributed by atoms with van der Waals surface area (Å²) in [5.41, 5.74) is 1.78. The van der Waals surface area contributed by atoms with E-state index in [1.165, 1.54) is 0 Å². The van der Waals surface area contributed by atoms with Crippen LogP contribution in [0.5, 0.6) is 0 Å². The van der Waals surface area contributed by atoms with Crippen LogP contribution in [-0.4, -0.2) is 16.3 Å². The molecule has 2 nitrogen and oxygen atoms in total. The molecule has 12 heavy (non-hydrogen) atoms. The first-order valence-corrected chi connectivity index (χ1v) is 3.92. The zero-order valence-electron chi connectivity index (χ0n) is 6.51. The van der Waals surface area contributed by atoms with Gasteiger partial charge in [-0.1, -0.05) is 36.4 Å². The third-order valence-electron chi connectivity index (χ3n) is 2.11. The van der Waals surface area contributed by atoms with Gasteiger partial charge in [0.2, 0.25) is 0 Å². The quantitative estimate of drug-likeness (QED) is 0.600. The summed E-state index contributed by atoms with van der Waals surface area (Å²) in [5, 5.41) is 18.8. The summed E-state index contributed by atoms with van der Waals surface area (Å²) in [6.07, 6.45) is 1.89. The van der Waals surface area contributed by atoms with Crippen LogP contribution in [0.25, 0.3) is 6.08 Å². The monoisotopic (exact) mass is 162 g/mol. The lowest BCUT2D eigenvalue weighted by molar-refractivity contribution is 0.0470. The Labute approximate surface area is 70.8 Å². The number of hydrogen-bond acceptors (Lipinski definition) is 2. The second kappa shape index (κ2) is 2.73. The highest BCUT2D eigenvalue weighted by Gasteiger charge is 2.20. The third-order valence-corrected chi connectivity index (χ3v) is 2.11. The van der Waals surface area contributed by atoms with E-state index in [4.69, 9.17) is 0 Å². The minimum absolute atomic E-state index is 0.764. The molecule has 0 heterocycles. The number of aliphatic hydroxyl groups excluding tert-OH is 2. The molecular weight excluding hydrogens is 152 g/mol. The van der Waals surface area contributed by atoms with Crippen LogP contribution < -0.4 is 0 Å². The Hall–Kier alpha value is -1.12. The number of hydrogen-bond donors (Lipinski definition) is 2. The van der Waals surface area contributed by atoms with E-state index in [9.17, 15) is 10.2 Å². The van der Waals surface area contributed by atoms with Crippen LogP contribution in [-0.2, 0) is 0 Å². The molecule has 2 atom stereocenters. The summed E-state index contributed by atoms with van der Waals surface area (Å²) >= 11 is 0. The van der Waals surface area contributed by atoms with Crippen LogP contribution in [0.4, 0.5) is 0 Å². The number of aliphatic hydroxyl groups is 2. The van der Waals surface area contributed by atoms with Gasteiger partial charge in [0.25, 0.3) is 0 Å². The number of fused-ring (bicyclic) bond motifs is 1. The highest BCUT2D eigenvalue weighted by molar-refractivity contribution is 5.58. The zero-order chi connectivity index (χ0) is 8.55. The van der Waals surface area contributed by atoms with Gasteiger partial charge in [0, 0.05) is 0 Å².